The Bertz CT molecular complexity index is 555. The SMILES string of the molecule is CN1C(=O)S/C(=C\c2ccc(C#N)cc2)C1=O. The predicted molar refractivity (Wildman–Crippen MR) is 64.9 cm³/mol. The topological polar surface area (TPSA) is 61.2 Å². The van der Waals surface area contributed by atoms with E-state index in [1.54, 1.807) is 30.3 Å². The third kappa shape index (κ3) is 2.22. The van der Waals surface area contributed by atoms with Crippen LogP contribution in [0, 0.1) is 11.3 Å². The van der Waals surface area contributed by atoms with Crippen LogP contribution in [0.3, 0.4) is 0 Å². The third-order valence-electron chi connectivity index (χ3n) is 2.32. The molecule has 1 saturated heterocycles. The van der Waals surface area contributed by atoms with Crippen LogP contribution < -0.4 is 0 Å². The smallest absolute Gasteiger partial charge is 0.272 e. The summed E-state index contributed by atoms with van der Waals surface area (Å²) >= 11 is 0.920. The number of hydrogen-bond acceptors (Lipinski definition) is 4. The fourth-order valence-electron chi connectivity index (χ4n) is 1.35. The van der Waals surface area contributed by atoms with E-state index in [1.165, 1.54) is 7.05 Å². The molecule has 2 rings (SSSR count). The minimum atomic E-state index is -0.288. The van der Waals surface area contributed by atoms with E-state index in [1.807, 2.05) is 6.07 Å². The van der Waals surface area contributed by atoms with Crippen molar-refractivity contribution in [3.8, 4) is 6.07 Å². The molecule has 84 valence electrons. The van der Waals surface area contributed by atoms with E-state index in [2.05, 4.69) is 0 Å². The second-order valence-electron chi connectivity index (χ2n) is 3.47. The number of nitriles is 1. The molecule has 17 heavy (non-hydrogen) atoms. The maximum atomic E-state index is 11.6. The summed E-state index contributed by atoms with van der Waals surface area (Å²) in [6.07, 6.45) is 1.65. The summed E-state index contributed by atoms with van der Waals surface area (Å²) in [6.45, 7) is 0. The molecule has 0 unspecified atom stereocenters. The number of benzene rings is 1. The second kappa shape index (κ2) is 4.44. The van der Waals surface area contributed by atoms with Gasteiger partial charge in [-0.25, -0.2) is 0 Å². The summed E-state index contributed by atoms with van der Waals surface area (Å²) in [6, 6.07) is 8.83. The molecule has 1 heterocycles. The van der Waals surface area contributed by atoms with Gasteiger partial charge in [0, 0.05) is 7.05 Å². The molecule has 1 aromatic carbocycles. The van der Waals surface area contributed by atoms with Crippen molar-refractivity contribution in [1.29, 1.82) is 5.26 Å². The van der Waals surface area contributed by atoms with Gasteiger partial charge in [-0.15, -0.1) is 0 Å². The zero-order valence-corrected chi connectivity index (χ0v) is 9.82. The van der Waals surface area contributed by atoms with Gasteiger partial charge in [-0.2, -0.15) is 5.26 Å². The van der Waals surface area contributed by atoms with E-state index in [-0.39, 0.29) is 11.1 Å². The number of rotatable bonds is 1. The van der Waals surface area contributed by atoms with Crippen LogP contribution in [-0.4, -0.2) is 23.1 Å². The minimum absolute atomic E-state index is 0.269. The maximum Gasteiger partial charge on any atom is 0.293 e. The summed E-state index contributed by atoms with van der Waals surface area (Å²) in [5.41, 5.74) is 1.36. The lowest BCUT2D eigenvalue weighted by Crippen LogP contribution is -2.22. The van der Waals surface area contributed by atoms with E-state index in [4.69, 9.17) is 5.26 Å². The number of nitrogens with zero attached hydrogens (tertiary/aromatic N) is 2. The van der Waals surface area contributed by atoms with Crippen molar-refractivity contribution in [1.82, 2.24) is 4.90 Å². The van der Waals surface area contributed by atoms with E-state index < -0.39 is 0 Å². The number of amides is 2. The molecule has 1 aromatic rings. The highest BCUT2D eigenvalue weighted by molar-refractivity contribution is 8.18. The number of imide groups is 1. The number of hydrogen-bond donors (Lipinski definition) is 0. The molecule has 1 aliphatic heterocycles. The highest BCUT2D eigenvalue weighted by Crippen LogP contribution is 2.30. The molecule has 0 N–H and O–H groups in total. The standard InChI is InChI=1S/C12H8N2O2S/c1-14-11(15)10(17-12(14)16)6-8-2-4-9(7-13)5-3-8/h2-6H,1H3/b10-6-. The lowest BCUT2D eigenvalue weighted by molar-refractivity contribution is -0.121. The highest BCUT2D eigenvalue weighted by Gasteiger charge is 2.31. The van der Waals surface area contributed by atoms with Gasteiger partial charge in [0.1, 0.15) is 0 Å². The molecule has 0 atom stereocenters. The van der Waals surface area contributed by atoms with Gasteiger partial charge in [0.2, 0.25) is 0 Å². The Morgan fingerprint density at radius 1 is 1.29 bits per heavy atom. The molecule has 4 nitrogen and oxygen atoms in total. The van der Waals surface area contributed by atoms with Gasteiger partial charge in [-0.1, -0.05) is 12.1 Å². The van der Waals surface area contributed by atoms with E-state index in [9.17, 15) is 9.59 Å². The van der Waals surface area contributed by atoms with Crippen LogP contribution in [0.5, 0.6) is 0 Å². The number of likely N-dealkylation sites (N-methyl/N-ethyl adjacent to an activating group) is 1. The minimum Gasteiger partial charge on any atom is -0.272 e. The third-order valence-corrected chi connectivity index (χ3v) is 3.28. The van der Waals surface area contributed by atoms with Crippen LogP contribution in [0.2, 0.25) is 0 Å². The molecular formula is C12H8N2O2S. The van der Waals surface area contributed by atoms with Crippen LogP contribution >= 0.6 is 11.8 Å². The summed E-state index contributed by atoms with van der Waals surface area (Å²) in [5.74, 6) is -0.288. The monoisotopic (exact) mass is 244 g/mol. The van der Waals surface area contributed by atoms with Gasteiger partial charge in [0.05, 0.1) is 16.5 Å². The van der Waals surface area contributed by atoms with E-state index >= 15 is 0 Å². The molecule has 0 aromatic heterocycles. The Labute approximate surface area is 103 Å². The highest BCUT2D eigenvalue weighted by atomic mass is 32.2. The van der Waals surface area contributed by atoms with Crippen LogP contribution in [0.4, 0.5) is 4.79 Å². The van der Waals surface area contributed by atoms with Gasteiger partial charge in [-0.05, 0) is 35.5 Å². The van der Waals surface area contributed by atoms with E-state index in [0.717, 1.165) is 22.2 Å². The first-order valence-corrected chi connectivity index (χ1v) is 5.65. The Balaban J connectivity index is 2.28. The fourth-order valence-corrected chi connectivity index (χ4v) is 2.18. The Morgan fingerprint density at radius 3 is 2.41 bits per heavy atom. The molecule has 5 heteroatoms. The molecular weight excluding hydrogens is 236 g/mol. The Morgan fingerprint density at radius 2 is 1.94 bits per heavy atom. The van der Waals surface area contributed by atoms with Gasteiger partial charge in [0.25, 0.3) is 11.1 Å². The zero-order chi connectivity index (χ0) is 12.4. The molecule has 1 aliphatic rings. The molecule has 1 fully saturated rings. The summed E-state index contributed by atoms with van der Waals surface area (Å²) < 4.78 is 0. The summed E-state index contributed by atoms with van der Waals surface area (Å²) in [4.78, 5) is 24.4. The second-order valence-corrected chi connectivity index (χ2v) is 4.47. The van der Waals surface area contributed by atoms with Gasteiger partial charge in [0.15, 0.2) is 0 Å². The van der Waals surface area contributed by atoms with Crippen molar-refractivity contribution < 1.29 is 9.59 Å². The number of carbonyl (C=O) groups is 2. The molecule has 0 aliphatic carbocycles. The summed E-state index contributed by atoms with van der Waals surface area (Å²) in [5, 5.41) is 8.38. The van der Waals surface area contributed by atoms with Crippen molar-refractivity contribution in [2.45, 2.75) is 0 Å². The average molecular weight is 244 g/mol. The predicted octanol–water partition coefficient (Wildman–Crippen LogP) is 2.22. The van der Waals surface area contributed by atoms with Crippen LogP contribution in [0.25, 0.3) is 6.08 Å². The molecule has 0 saturated carbocycles. The van der Waals surface area contributed by atoms with Crippen LogP contribution in [0.15, 0.2) is 29.2 Å². The van der Waals surface area contributed by atoms with Crippen molar-refractivity contribution in [3.63, 3.8) is 0 Å². The van der Waals surface area contributed by atoms with Gasteiger partial charge >= 0.3 is 0 Å². The molecule has 0 bridgehead atoms. The first kappa shape index (κ1) is 11.4. The van der Waals surface area contributed by atoms with Crippen LogP contribution in [0.1, 0.15) is 11.1 Å². The lowest BCUT2D eigenvalue weighted by atomic mass is 10.1. The summed E-state index contributed by atoms with van der Waals surface area (Å²) in [7, 11) is 1.46. The van der Waals surface area contributed by atoms with Crippen molar-refractivity contribution >= 4 is 29.0 Å². The molecule has 0 radical (unpaired) electrons. The van der Waals surface area contributed by atoms with Gasteiger partial charge in [-0.3, -0.25) is 14.5 Å². The van der Waals surface area contributed by atoms with E-state index in [0.29, 0.717) is 10.5 Å². The molecule has 0 spiro atoms. The largest absolute Gasteiger partial charge is 0.293 e. The molecule has 2 amide bonds. The van der Waals surface area contributed by atoms with Crippen molar-refractivity contribution in [2.75, 3.05) is 7.05 Å². The quantitative estimate of drug-likeness (QED) is 0.711. The fraction of sp³-hybridized carbons (Fsp3) is 0.0833. The average Bonchev–Trinajstić information content (AvgIpc) is 2.58. The Kier molecular flexibility index (Phi) is 2.98. The maximum absolute atomic E-state index is 11.6. The zero-order valence-electron chi connectivity index (χ0n) is 9.01. The first-order valence-electron chi connectivity index (χ1n) is 4.83. The van der Waals surface area contributed by atoms with Crippen LogP contribution in [-0.2, 0) is 4.79 Å². The van der Waals surface area contributed by atoms with Gasteiger partial charge < -0.3 is 0 Å². The van der Waals surface area contributed by atoms with Crippen molar-refractivity contribution in [2.24, 2.45) is 0 Å². The number of carbonyl (C=O) groups excluding carboxylic acids is 2. The first-order chi connectivity index (χ1) is 8.11. The van der Waals surface area contributed by atoms with Crippen molar-refractivity contribution in [3.05, 3.63) is 40.3 Å². The Hall–Kier alpha value is -2.06. The normalized spacial score (nSPS) is 17.6. The number of thioether (sulfide) groups is 1. The lowest BCUT2D eigenvalue weighted by Gasteiger charge is -2.00.